The monoisotopic (exact) mass is 188 g/mol. The Labute approximate surface area is 71.5 Å². The minimum absolute atomic E-state index is 0.535. The van der Waals surface area contributed by atoms with Gasteiger partial charge < -0.3 is 0 Å². The average Bonchev–Trinajstić information content (AvgIpc) is 1.64. The van der Waals surface area contributed by atoms with Gasteiger partial charge in [0.25, 0.3) is 0 Å². The van der Waals surface area contributed by atoms with Gasteiger partial charge in [-0.05, 0) is 12.8 Å². The highest BCUT2D eigenvalue weighted by molar-refractivity contribution is 6.48. The van der Waals surface area contributed by atoms with Crippen LogP contribution in [0.5, 0.6) is 0 Å². The van der Waals surface area contributed by atoms with Gasteiger partial charge >= 0.3 is 0 Å². The first-order chi connectivity index (χ1) is 4.12. The van der Waals surface area contributed by atoms with Crippen molar-refractivity contribution in [1.29, 1.82) is 0 Å². The van der Waals surface area contributed by atoms with E-state index in [1.54, 1.807) is 0 Å². The van der Waals surface area contributed by atoms with Gasteiger partial charge in [-0.1, -0.05) is 13.3 Å². The van der Waals surface area contributed by atoms with Crippen LogP contribution < -0.4 is 0 Å². The second kappa shape index (κ2) is 4.65. The molecule has 0 aliphatic heterocycles. The fourth-order valence-corrected chi connectivity index (χ4v) is 1.71. The highest BCUT2D eigenvalue weighted by Crippen LogP contribution is 2.30. The molecule has 0 bridgehead atoms. The molecular formula is C6H11Cl3. The Morgan fingerprint density at radius 2 is 1.78 bits per heavy atom. The summed E-state index contributed by atoms with van der Waals surface area (Å²) in [6, 6.07) is 0. The van der Waals surface area contributed by atoms with Crippen molar-refractivity contribution >= 4 is 34.8 Å². The van der Waals surface area contributed by atoms with E-state index < -0.39 is 4.33 Å². The molecule has 0 N–H and O–H groups in total. The maximum atomic E-state index is 5.82. The van der Waals surface area contributed by atoms with Gasteiger partial charge in [-0.25, -0.2) is 0 Å². The molecule has 0 atom stereocenters. The van der Waals surface area contributed by atoms with Crippen LogP contribution in [-0.4, -0.2) is 10.2 Å². The lowest BCUT2D eigenvalue weighted by molar-refractivity contribution is 0.660. The van der Waals surface area contributed by atoms with Crippen molar-refractivity contribution in [3.05, 3.63) is 0 Å². The molecule has 0 saturated carbocycles. The molecule has 0 heterocycles. The molecule has 56 valence electrons. The first kappa shape index (κ1) is 9.87. The summed E-state index contributed by atoms with van der Waals surface area (Å²) >= 11 is 17.1. The summed E-state index contributed by atoms with van der Waals surface area (Å²) in [5.41, 5.74) is 0. The van der Waals surface area contributed by atoms with Crippen molar-refractivity contribution in [2.45, 2.75) is 30.5 Å². The van der Waals surface area contributed by atoms with Crippen molar-refractivity contribution in [2.75, 3.05) is 5.88 Å². The van der Waals surface area contributed by atoms with Crippen molar-refractivity contribution in [2.24, 2.45) is 0 Å². The maximum Gasteiger partial charge on any atom is 0.119 e. The van der Waals surface area contributed by atoms with E-state index in [-0.39, 0.29) is 0 Å². The highest BCUT2D eigenvalue weighted by Gasteiger charge is 2.20. The Kier molecular flexibility index (Phi) is 5.10. The molecule has 9 heavy (non-hydrogen) atoms. The molecule has 3 heteroatoms. The molecule has 0 unspecified atom stereocenters. The molecular weight excluding hydrogens is 178 g/mol. The standard InChI is InChI=1S/C6H11Cl3/c1-2-3-6(8,9)4-5-7/h2-5H2,1H3. The van der Waals surface area contributed by atoms with Crippen LogP contribution in [0.15, 0.2) is 0 Å². The Hall–Kier alpha value is 0.870. The quantitative estimate of drug-likeness (QED) is 0.593. The van der Waals surface area contributed by atoms with E-state index in [0.717, 1.165) is 12.8 Å². The maximum absolute atomic E-state index is 5.82. The lowest BCUT2D eigenvalue weighted by Gasteiger charge is -2.15. The smallest absolute Gasteiger partial charge is 0.119 e. The second-order valence-electron chi connectivity index (χ2n) is 2.04. The van der Waals surface area contributed by atoms with E-state index in [1.165, 1.54) is 0 Å². The van der Waals surface area contributed by atoms with Crippen LogP contribution in [0.4, 0.5) is 0 Å². The zero-order chi connectivity index (χ0) is 7.33. The van der Waals surface area contributed by atoms with E-state index in [0.29, 0.717) is 12.3 Å². The van der Waals surface area contributed by atoms with Crippen LogP contribution >= 0.6 is 34.8 Å². The third-order valence-electron chi connectivity index (χ3n) is 1.08. The molecule has 0 aromatic carbocycles. The summed E-state index contributed by atoms with van der Waals surface area (Å²) in [4.78, 5) is 0. The number of alkyl halides is 3. The summed E-state index contributed by atoms with van der Waals surface area (Å²) in [6.07, 6.45) is 2.50. The van der Waals surface area contributed by atoms with E-state index in [4.69, 9.17) is 34.8 Å². The molecule has 0 saturated heterocycles. The SMILES string of the molecule is CCCC(Cl)(Cl)CCCl. The minimum atomic E-state index is -0.587. The lowest BCUT2D eigenvalue weighted by Crippen LogP contribution is -2.12. The summed E-state index contributed by atoms with van der Waals surface area (Å²) in [5, 5.41) is 0. The number of halogens is 3. The van der Waals surface area contributed by atoms with Crippen LogP contribution in [0.1, 0.15) is 26.2 Å². The summed E-state index contributed by atoms with van der Waals surface area (Å²) < 4.78 is -0.587. The largest absolute Gasteiger partial charge is 0.127 e. The third kappa shape index (κ3) is 5.32. The Morgan fingerprint density at radius 3 is 2.11 bits per heavy atom. The van der Waals surface area contributed by atoms with Gasteiger partial charge in [0, 0.05) is 5.88 Å². The molecule has 0 amide bonds. The van der Waals surface area contributed by atoms with Crippen LogP contribution in [0.3, 0.4) is 0 Å². The van der Waals surface area contributed by atoms with E-state index in [9.17, 15) is 0 Å². The number of hydrogen-bond acceptors (Lipinski definition) is 0. The van der Waals surface area contributed by atoms with Gasteiger partial charge in [-0.3, -0.25) is 0 Å². The molecule has 0 rings (SSSR count). The Bertz CT molecular complexity index is 62.7. The Morgan fingerprint density at radius 1 is 1.22 bits per heavy atom. The van der Waals surface area contributed by atoms with Gasteiger partial charge in [0.15, 0.2) is 0 Å². The molecule has 0 nitrogen and oxygen atoms in total. The fraction of sp³-hybridized carbons (Fsp3) is 1.00. The molecule has 0 aliphatic rings. The third-order valence-corrected chi connectivity index (χ3v) is 2.02. The van der Waals surface area contributed by atoms with Crippen molar-refractivity contribution in [3.63, 3.8) is 0 Å². The van der Waals surface area contributed by atoms with Crippen LogP contribution in [0.2, 0.25) is 0 Å². The molecule has 0 aromatic rings. The average molecular weight is 190 g/mol. The number of rotatable bonds is 4. The van der Waals surface area contributed by atoms with Crippen molar-refractivity contribution in [1.82, 2.24) is 0 Å². The number of hydrogen-bond donors (Lipinski definition) is 0. The van der Waals surface area contributed by atoms with E-state index in [1.807, 2.05) is 6.92 Å². The molecule has 0 aromatic heterocycles. The Balaban J connectivity index is 3.43. The van der Waals surface area contributed by atoms with Gasteiger partial charge in [0.2, 0.25) is 0 Å². The predicted molar refractivity (Wildman–Crippen MR) is 44.7 cm³/mol. The molecule has 0 spiro atoms. The zero-order valence-corrected chi connectivity index (χ0v) is 7.73. The highest BCUT2D eigenvalue weighted by atomic mass is 35.5. The summed E-state index contributed by atoms with van der Waals surface area (Å²) in [7, 11) is 0. The van der Waals surface area contributed by atoms with Gasteiger partial charge in [-0.2, -0.15) is 0 Å². The van der Waals surface area contributed by atoms with E-state index >= 15 is 0 Å². The lowest BCUT2D eigenvalue weighted by atomic mass is 10.2. The van der Waals surface area contributed by atoms with Gasteiger partial charge in [0.05, 0.1) is 0 Å². The predicted octanol–water partition coefficient (Wildman–Crippen LogP) is 3.59. The topological polar surface area (TPSA) is 0 Å². The fourth-order valence-electron chi connectivity index (χ4n) is 0.629. The van der Waals surface area contributed by atoms with Crippen molar-refractivity contribution in [3.8, 4) is 0 Å². The van der Waals surface area contributed by atoms with Crippen LogP contribution in [-0.2, 0) is 0 Å². The molecule has 0 radical (unpaired) electrons. The van der Waals surface area contributed by atoms with Crippen LogP contribution in [0, 0.1) is 0 Å². The first-order valence-corrected chi connectivity index (χ1v) is 4.35. The van der Waals surface area contributed by atoms with Crippen LogP contribution in [0.25, 0.3) is 0 Å². The van der Waals surface area contributed by atoms with Crippen molar-refractivity contribution < 1.29 is 0 Å². The molecule has 0 aliphatic carbocycles. The summed E-state index contributed by atoms with van der Waals surface area (Å²) in [5.74, 6) is 0.535. The first-order valence-electron chi connectivity index (χ1n) is 3.06. The molecule has 0 fully saturated rings. The second-order valence-corrected chi connectivity index (χ2v) is 4.06. The summed E-state index contributed by atoms with van der Waals surface area (Å²) in [6.45, 7) is 2.05. The minimum Gasteiger partial charge on any atom is -0.127 e. The van der Waals surface area contributed by atoms with E-state index in [2.05, 4.69) is 0 Å². The normalized spacial score (nSPS) is 12.0. The van der Waals surface area contributed by atoms with Gasteiger partial charge in [-0.15, -0.1) is 34.8 Å². The zero-order valence-electron chi connectivity index (χ0n) is 5.46. The van der Waals surface area contributed by atoms with Gasteiger partial charge in [0.1, 0.15) is 4.33 Å².